The van der Waals surface area contributed by atoms with Gasteiger partial charge in [0.05, 0.1) is 12.1 Å². The number of aryl methyl sites for hydroxylation is 2. The fraction of sp³-hybridized carbons (Fsp3) is 0.500. The highest BCUT2D eigenvalue weighted by Crippen LogP contribution is 2.40. The lowest BCUT2D eigenvalue weighted by Crippen LogP contribution is -2.39. The number of hydrogen-bond donors (Lipinski definition) is 1. The third-order valence-electron chi connectivity index (χ3n) is 6.58. The van der Waals surface area contributed by atoms with Gasteiger partial charge in [-0.25, -0.2) is 24.9 Å². The number of hydrogen-bond acceptors (Lipinski definition) is 7. The molecule has 1 atom stereocenters. The summed E-state index contributed by atoms with van der Waals surface area (Å²) in [6, 6.07) is 0. The summed E-state index contributed by atoms with van der Waals surface area (Å²) in [7, 11) is 0. The molecule has 1 aliphatic heterocycles. The van der Waals surface area contributed by atoms with E-state index >= 15 is 0 Å². The summed E-state index contributed by atoms with van der Waals surface area (Å²) in [5, 5.41) is 3.75. The number of nitrogens with zero attached hydrogens (tertiary/aromatic N) is 7. The monoisotopic (exact) mass is 430 g/mol. The van der Waals surface area contributed by atoms with Crippen molar-refractivity contribution in [3.05, 3.63) is 35.7 Å². The summed E-state index contributed by atoms with van der Waals surface area (Å²) in [4.78, 5) is 27.6. The van der Waals surface area contributed by atoms with E-state index in [1.54, 1.807) is 6.33 Å². The van der Waals surface area contributed by atoms with Gasteiger partial charge in [0, 0.05) is 30.2 Å². The Morgan fingerprint density at radius 2 is 1.94 bits per heavy atom. The van der Waals surface area contributed by atoms with Crippen molar-refractivity contribution >= 4 is 22.7 Å². The molecule has 166 valence electrons. The van der Waals surface area contributed by atoms with Crippen molar-refractivity contribution < 1.29 is 0 Å². The van der Waals surface area contributed by atoms with E-state index in [1.165, 1.54) is 16.9 Å². The topological polar surface area (TPSA) is 93.8 Å². The number of fused-ring (bicyclic) bond motifs is 1. The largest absolute Gasteiger partial charge is 0.363 e. The number of imidazole rings is 1. The molecule has 0 saturated heterocycles. The smallest absolute Gasteiger partial charge is 0.165 e. The van der Waals surface area contributed by atoms with Gasteiger partial charge in [0.2, 0.25) is 0 Å². The quantitative estimate of drug-likeness (QED) is 0.646. The van der Waals surface area contributed by atoms with Crippen molar-refractivity contribution in [2.45, 2.75) is 66.0 Å². The van der Waals surface area contributed by atoms with Crippen molar-refractivity contribution in [1.29, 1.82) is 0 Å². The molecule has 2 aliphatic rings. The highest BCUT2D eigenvalue weighted by Gasteiger charge is 2.36. The Bertz CT molecular complexity index is 1230. The van der Waals surface area contributed by atoms with Crippen LogP contribution in [0.15, 0.2) is 34.9 Å². The van der Waals surface area contributed by atoms with Crippen molar-refractivity contribution in [2.24, 2.45) is 10.9 Å². The van der Waals surface area contributed by atoms with Crippen LogP contribution < -0.4 is 5.32 Å². The third kappa shape index (κ3) is 3.47. The van der Waals surface area contributed by atoms with Gasteiger partial charge in [-0.3, -0.25) is 4.99 Å². The van der Waals surface area contributed by atoms with E-state index in [0.29, 0.717) is 5.92 Å². The molecule has 4 heterocycles. The zero-order valence-corrected chi connectivity index (χ0v) is 19.5. The minimum atomic E-state index is -0.108. The summed E-state index contributed by atoms with van der Waals surface area (Å²) in [5.41, 5.74) is 6.62. The van der Waals surface area contributed by atoms with Crippen molar-refractivity contribution in [3.8, 4) is 11.4 Å². The Balaban J connectivity index is 1.51. The van der Waals surface area contributed by atoms with Crippen LogP contribution in [0.5, 0.6) is 0 Å². The molecule has 8 nitrogen and oxygen atoms in total. The first-order valence-electron chi connectivity index (χ1n) is 11.4. The maximum Gasteiger partial charge on any atom is 0.165 e. The molecule has 1 N–H and O–H groups in total. The van der Waals surface area contributed by atoms with Crippen LogP contribution >= 0.6 is 0 Å². The van der Waals surface area contributed by atoms with Crippen LogP contribution in [0.1, 0.15) is 52.8 Å². The molecular formula is C24H30N8. The Kier molecular flexibility index (Phi) is 5.03. The minimum Gasteiger partial charge on any atom is -0.363 e. The number of aromatic nitrogens is 6. The van der Waals surface area contributed by atoms with Gasteiger partial charge in [0.25, 0.3) is 0 Å². The predicted molar refractivity (Wildman–Crippen MR) is 127 cm³/mol. The van der Waals surface area contributed by atoms with Crippen LogP contribution in [0, 0.1) is 12.8 Å². The Morgan fingerprint density at radius 1 is 1.16 bits per heavy atom. The second-order valence-electron chi connectivity index (χ2n) is 9.39. The van der Waals surface area contributed by atoms with Gasteiger partial charge < -0.3 is 9.88 Å². The van der Waals surface area contributed by atoms with E-state index in [0.717, 1.165) is 66.5 Å². The first-order chi connectivity index (χ1) is 15.4. The second-order valence-corrected chi connectivity index (χ2v) is 9.39. The lowest BCUT2D eigenvalue weighted by molar-refractivity contribution is 0.448. The van der Waals surface area contributed by atoms with Crippen LogP contribution in [0.4, 0.5) is 5.82 Å². The SMILES string of the molecule is CCn1c(-c2cnc(C)nc2)nc2c(NC3(C)CCC4=C(C3)C(C(C)C)=NC4)ncnc21. The normalized spacial score (nSPS) is 20.8. The lowest BCUT2D eigenvalue weighted by Gasteiger charge is -2.36. The summed E-state index contributed by atoms with van der Waals surface area (Å²) in [6.07, 6.45) is 8.34. The van der Waals surface area contributed by atoms with Gasteiger partial charge in [-0.1, -0.05) is 13.8 Å². The van der Waals surface area contributed by atoms with Gasteiger partial charge in [-0.05, 0) is 57.1 Å². The molecule has 3 aromatic rings. The molecule has 8 heteroatoms. The molecule has 0 fully saturated rings. The van der Waals surface area contributed by atoms with E-state index in [4.69, 9.17) is 9.98 Å². The minimum absolute atomic E-state index is 0.108. The summed E-state index contributed by atoms with van der Waals surface area (Å²) in [6.45, 7) is 12.3. The van der Waals surface area contributed by atoms with Crippen LogP contribution in [0.3, 0.4) is 0 Å². The van der Waals surface area contributed by atoms with Gasteiger partial charge in [-0.15, -0.1) is 0 Å². The van der Waals surface area contributed by atoms with Crippen molar-refractivity contribution in [3.63, 3.8) is 0 Å². The Hall–Kier alpha value is -3.16. The van der Waals surface area contributed by atoms with Crippen molar-refractivity contribution in [1.82, 2.24) is 29.5 Å². The first kappa shape index (κ1) is 20.7. The second kappa shape index (κ2) is 7.76. The summed E-state index contributed by atoms with van der Waals surface area (Å²) in [5.74, 6) is 2.79. The van der Waals surface area contributed by atoms with Crippen LogP contribution in [0.25, 0.3) is 22.6 Å². The van der Waals surface area contributed by atoms with Crippen LogP contribution in [0.2, 0.25) is 0 Å². The third-order valence-corrected chi connectivity index (χ3v) is 6.58. The maximum atomic E-state index is 4.95. The number of anilines is 1. The van der Waals surface area contributed by atoms with E-state index in [-0.39, 0.29) is 5.54 Å². The fourth-order valence-corrected chi connectivity index (χ4v) is 4.88. The standard InChI is InChI=1S/C24H30N8/c1-6-32-22(17-11-25-15(4)26-12-17)30-20-21(28-13-29-23(20)32)31-24(5)8-7-16-10-27-19(14(2)3)18(16)9-24/h11-14H,6-10H2,1-5H3,(H,28,29,31). The van der Waals surface area contributed by atoms with E-state index in [9.17, 15) is 0 Å². The van der Waals surface area contributed by atoms with Crippen molar-refractivity contribution in [2.75, 3.05) is 11.9 Å². The lowest BCUT2D eigenvalue weighted by atomic mass is 9.77. The molecule has 5 rings (SSSR count). The molecule has 0 saturated carbocycles. The number of rotatable bonds is 5. The Labute approximate surface area is 188 Å². The molecule has 0 bridgehead atoms. The van der Waals surface area contributed by atoms with E-state index < -0.39 is 0 Å². The molecular weight excluding hydrogens is 400 g/mol. The molecule has 0 aromatic carbocycles. The molecule has 0 amide bonds. The van der Waals surface area contributed by atoms with Crippen LogP contribution in [-0.2, 0) is 6.54 Å². The van der Waals surface area contributed by atoms with E-state index in [1.807, 2.05) is 19.3 Å². The Morgan fingerprint density at radius 3 is 2.66 bits per heavy atom. The molecule has 1 unspecified atom stereocenters. The molecule has 1 aliphatic carbocycles. The van der Waals surface area contributed by atoms with E-state index in [2.05, 4.69) is 57.5 Å². The highest BCUT2D eigenvalue weighted by molar-refractivity contribution is 6.04. The number of aliphatic imine (C=N–C) groups is 1. The zero-order chi connectivity index (χ0) is 22.5. The zero-order valence-electron chi connectivity index (χ0n) is 19.5. The van der Waals surface area contributed by atoms with Gasteiger partial charge in [0.1, 0.15) is 18.0 Å². The van der Waals surface area contributed by atoms with Gasteiger partial charge >= 0.3 is 0 Å². The number of nitrogens with one attached hydrogen (secondary N) is 1. The average molecular weight is 431 g/mol. The van der Waals surface area contributed by atoms with Gasteiger partial charge in [0.15, 0.2) is 17.0 Å². The summed E-state index contributed by atoms with van der Waals surface area (Å²) < 4.78 is 2.10. The molecule has 3 aromatic heterocycles. The predicted octanol–water partition coefficient (Wildman–Crippen LogP) is 4.37. The maximum absolute atomic E-state index is 4.95. The van der Waals surface area contributed by atoms with Crippen LogP contribution in [-0.4, -0.2) is 47.3 Å². The highest BCUT2D eigenvalue weighted by atomic mass is 15.2. The molecule has 32 heavy (non-hydrogen) atoms. The fourth-order valence-electron chi connectivity index (χ4n) is 4.88. The molecule has 0 radical (unpaired) electrons. The first-order valence-corrected chi connectivity index (χ1v) is 11.4. The average Bonchev–Trinajstić information content (AvgIpc) is 3.35. The van der Waals surface area contributed by atoms with Gasteiger partial charge in [-0.2, -0.15) is 0 Å². The summed E-state index contributed by atoms with van der Waals surface area (Å²) >= 11 is 0. The molecule has 0 spiro atoms.